The maximum absolute atomic E-state index is 12.0. The Balaban J connectivity index is 1.35. The van der Waals surface area contributed by atoms with Crippen molar-refractivity contribution in [3.05, 3.63) is 48.0 Å². The lowest BCUT2D eigenvalue weighted by Crippen LogP contribution is -2.39. The molecule has 128 valence electrons. The number of amides is 1. The van der Waals surface area contributed by atoms with E-state index in [1.54, 1.807) is 17.1 Å². The number of aryl methyl sites for hydroxylation is 1. The molecular formula is C18H25N5O. The Hall–Kier alpha value is -2.21. The first-order chi connectivity index (χ1) is 11.7. The van der Waals surface area contributed by atoms with E-state index in [-0.39, 0.29) is 5.91 Å². The number of hydrogen-bond acceptors (Lipinski definition) is 4. The smallest absolute Gasteiger partial charge is 0.254 e. The second kappa shape index (κ2) is 8.06. The molecular weight excluding hydrogens is 302 g/mol. The minimum atomic E-state index is -0.0248. The normalized spacial score (nSPS) is 16.2. The molecule has 0 unspecified atom stereocenters. The molecule has 2 aromatic rings. The summed E-state index contributed by atoms with van der Waals surface area (Å²) in [4.78, 5) is 18.6. The van der Waals surface area contributed by atoms with Crippen molar-refractivity contribution < 1.29 is 4.79 Å². The summed E-state index contributed by atoms with van der Waals surface area (Å²) in [6.07, 6.45) is 10.4. The number of piperidine rings is 1. The molecule has 0 aromatic carbocycles. The largest absolute Gasteiger partial charge is 0.352 e. The molecule has 24 heavy (non-hydrogen) atoms. The summed E-state index contributed by atoms with van der Waals surface area (Å²) in [7, 11) is 1.82. The quantitative estimate of drug-likeness (QED) is 0.873. The van der Waals surface area contributed by atoms with Crippen LogP contribution < -0.4 is 5.32 Å². The zero-order valence-corrected chi connectivity index (χ0v) is 14.2. The third kappa shape index (κ3) is 4.64. The van der Waals surface area contributed by atoms with Crippen LogP contribution >= 0.6 is 0 Å². The molecule has 0 saturated carbocycles. The van der Waals surface area contributed by atoms with Crippen LogP contribution in [0.1, 0.15) is 28.8 Å². The molecule has 1 saturated heterocycles. The molecule has 2 aromatic heterocycles. The third-order valence-corrected chi connectivity index (χ3v) is 4.69. The first kappa shape index (κ1) is 16.6. The Morgan fingerprint density at radius 3 is 2.71 bits per heavy atom. The lowest BCUT2D eigenvalue weighted by atomic mass is 9.96. The lowest BCUT2D eigenvalue weighted by molar-refractivity contribution is 0.0936. The van der Waals surface area contributed by atoms with Gasteiger partial charge < -0.3 is 10.2 Å². The molecule has 6 nitrogen and oxygen atoms in total. The monoisotopic (exact) mass is 327 g/mol. The number of rotatable bonds is 6. The summed E-state index contributed by atoms with van der Waals surface area (Å²) >= 11 is 0. The molecule has 1 amide bonds. The Morgan fingerprint density at radius 1 is 1.29 bits per heavy atom. The fourth-order valence-electron chi connectivity index (χ4n) is 3.13. The van der Waals surface area contributed by atoms with Gasteiger partial charge in [0, 0.05) is 38.7 Å². The summed E-state index contributed by atoms with van der Waals surface area (Å²) in [6, 6.07) is 4.17. The van der Waals surface area contributed by atoms with Crippen molar-refractivity contribution in [2.75, 3.05) is 26.2 Å². The van der Waals surface area contributed by atoms with Crippen LogP contribution in [-0.4, -0.2) is 51.8 Å². The van der Waals surface area contributed by atoms with Crippen LogP contribution in [0.2, 0.25) is 0 Å². The minimum absolute atomic E-state index is 0.0248. The lowest BCUT2D eigenvalue weighted by Gasteiger charge is -2.32. The van der Waals surface area contributed by atoms with Gasteiger partial charge in [-0.2, -0.15) is 5.10 Å². The molecule has 0 bridgehead atoms. The molecule has 6 heteroatoms. The van der Waals surface area contributed by atoms with Crippen LogP contribution in [0.25, 0.3) is 0 Å². The van der Waals surface area contributed by atoms with Gasteiger partial charge in [-0.15, -0.1) is 0 Å². The highest BCUT2D eigenvalue weighted by atomic mass is 16.1. The van der Waals surface area contributed by atoms with Crippen LogP contribution in [-0.2, 0) is 13.5 Å². The highest BCUT2D eigenvalue weighted by Crippen LogP contribution is 2.17. The first-order valence-corrected chi connectivity index (χ1v) is 8.59. The molecule has 1 fully saturated rings. The van der Waals surface area contributed by atoms with E-state index < -0.39 is 0 Å². The third-order valence-electron chi connectivity index (χ3n) is 4.69. The fourth-order valence-corrected chi connectivity index (χ4v) is 3.13. The number of nitrogens with one attached hydrogen (secondary N) is 1. The first-order valence-electron chi connectivity index (χ1n) is 8.59. The highest BCUT2D eigenvalue weighted by molar-refractivity contribution is 5.93. The van der Waals surface area contributed by atoms with Crippen LogP contribution in [0.3, 0.4) is 0 Å². The van der Waals surface area contributed by atoms with Gasteiger partial charge in [-0.05, 0) is 56.0 Å². The zero-order valence-electron chi connectivity index (χ0n) is 14.2. The van der Waals surface area contributed by atoms with E-state index in [1.807, 2.05) is 19.4 Å². The second-order valence-electron chi connectivity index (χ2n) is 6.50. The van der Waals surface area contributed by atoms with E-state index in [4.69, 9.17) is 0 Å². The van der Waals surface area contributed by atoms with Gasteiger partial charge in [0.2, 0.25) is 0 Å². The van der Waals surface area contributed by atoms with Gasteiger partial charge in [0.15, 0.2) is 0 Å². The summed E-state index contributed by atoms with van der Waals surface area (Å²) in [5.41, 5.74) is 1.98. The highest BCUT2D eigenvalue weighted by Gasteiger charge is 2.20. The Kier molecular flexibility index (Phi) is 5.59. The van der Waals surface area contributed by atoms with Crippen molar-refractivity contribution in [2.24, 2.45) is 13.0 Å². The average Bonchev–Trinajstić information content (AvgIpc) is 3.06. The van der Waals surface area contributed by atoms with E-state index >= 15 is 0 Å². The number of carbonyl (C=O) groups is 1. The zero-order chi connectivity index (χ0) is 16.8. The van der Waals surface area contributed by atoms with Gasteiger partial charge in [0.05, 0.1) is 11.8 Å². The van der Waals surface area contributed by atoms with Gasteiger partial charge in [-0.3, -0.25) is 14.5 Å². The number of aromatic nitrogens is 3. The Bertz CT molecular complexity index is 646. The van der Waals surface area contributed by atoms with E-state index in [1.165, 1.54) is 5.56 Å². The van der Waals surface area contributed by atoms with Gasteiger partial charge in [0.25, 0.3) is 5.91 Å². The molecule has 1 aliphatic rings. The predicted octanol–water partition coefficient (Wildman–Crippen LogP) is 1.50. The fraction of sp³-hybridized carbons (Fsp3) is 0.500. The number of nitrogens with zero attached hydrogens (tertiary/aromatic N) is 4. The van der Waals surface area contributed by atoms with Crippen molar-refractivity contribution in [1.29, 1.82) is 0 Å². The average molecular weight is 327 g/mol. The molecule has 0 radical (unpaired) electrons. The number of likely N-dealkylation sites (tertiary alicyclic amines) is 1. The summed E-state index contributed by atoms with van der Waals surface area (Å²) in [5, 5.41) is 7.07. The van der Waals surface area contributed by atoms with Crippen molar-refractivity contribution in [1.82, 2.24) is 25.0 Å². The van der Waals surface area contributed by atoms with E-state index in [0.717, 1.165) is 45.4 Å². The van der Waals surface area contributed by atoms with Crippen molar-refractivity contribution in [2.45, 2.75) is 19.3 Å². The van der Waals surface area contributed by atoms with Crippen LogP contribution in [0.5, 0.6) is 0 Å². The predicted molar refractivity (Wildman–Crippen MR) is 92.6 cm³/mol. The standard InChI is InChI=1S/C18H25N5O/c1-22-14-17(13-21-22)18(24)20-12-16-5-10-23(11-6-16)9-4-15-2-7-19-8-3-15/h2-3,7-8,13-14,16H,4-6,9-12H2,1H3,(H,20,24). The topological polar surface area (TPSA) is 63.1 Å². The van der Waals surface area contributed by atoms with Crippen LogP contribution in [0, 0.1) is 5.92 Å². The molecule has 1 aliphatic heterocycles. The number of carbonyl (C=O) groups excluding carboxylic acids is 1. The van der Waals surface area contributed by atoms with Crippen molar-refractivity contribution in [3.8, 4) is 0 Å². The summed E-state index contributed by atoms with van der Waals surface area (Å²) in [6.45, 7) is 4.07. The Morgan fingerprint density at radius 2 is 2.04 bits per heavy atom. The van der Waals surface area contributed by atoms with Crippen molar-refractivity contribution >= 4 is 5.91 Å². The molecule has 0 spiro atoms. The van der Waals surface area contributed by atoms with Crippen LogP contribution in [0.15, 0.2) is 36.9 Å². The Labute approximate surface area is 142 Å². The molecule has 3 rings (SSSR count). The second-order valence-corrected chi connectivity index (χ2v) is 6.50. The van der Waals surface area contributed by atoms with Crippen molar-refractivity contribution in [3.63, 3.8) is 0 Å². The summed E-state index contributed by atoms with van der Waals surface area (Å²) in [5.74, 6) is 0.547. The maximum Gasteiger partial charge on any atom is 0.254 e. The summed E-state index contributed by atoms with van der Waals surface area (Å²) < 4.78 is 1.65. The minimum Gasteiger partial charge on any atom is -0.352 e. The van der Waals surface area contributed by atoms with Gasteiger partial charge in [0.1, 0.15) is 0 Å². The number of pyridine rings is 1. The maximum atomic E-state index is 12.0. The van der Waals surface area contributed by atoms with Gasteiger partial charge >= 0.3 is 0 Å². The number of hydrogen-bond donors (Lipinski definition) is 1. The van der Waals surface area contributed by atoms with Gasteiger partial charge in [-0.1, -0.05) is 0 Å². The van der Waals surface area contributed by atoms with E-state index in [9.17, 15) is 4.79 Å². The molecule has 1 N–H and O–H groups in total. The van der Waals surface area contributed by atoms with Crippen LogP contribution in [0.4, 0.5) is 0 Å². The molecule has 0 aliphatic carbocycles. The van der Waals surface area contributed by atoms with E-state index in [0.29, 0.717) is 11.5 Å². The SMILES string of the molecule is Cn1cc(C(=O)NCC2CCN(CCc3ccncc3)CC2)cn1. The molecule has 3 heterocycles. The van der Waals surface area contributed by atoms with Gasteiger partial charge in [-0.25, -0.2) is 0 Å². The van der Waals surface area contributed by atoms with E-state index in [2.05, 4.69) is 32.4 Å². The molecule has 0 atom stereocenters.